The molecule has 0 aliphatic carbocycles. The molecule has 1 N–H and O–H groups in total. The fraction of sp³-hybridized carbons (Fsp3) is 0.364. The van der Waals surface area contributed by atoms with Gasteiger partial charge in [-0.1, -0.05) is 0 Å². The van der Waals surface area contributed by atoms with Crippen molar-refractivity contribution < 1.29 is 4.79 Å². The van der Waals surface area contributed by atoms with Gasteiger partial charge in [-0.05, 0) is 38.3 Å². The van der Waals surface area contributed by atoms with Crippen LogP contribution in [0.3, 0.4) is 0 Å². The van der Waals surface area contributed by atoms with Crippen molar-refractivity contribution in [2.75, 3.05) is 11.6 Å². The Morgan fingerprint density at radius 3 is 2.80 bits per heavy atom. The van der Waals surface area contributed by atoms with Crippen molar-refractivity contribution in [3.63, 3.8) is 0 Å². The SMILES string of the molecule is CSc1ccc2c(c1)SC(C)(C)C(=O)N2. The highest BCUT2D eigenvalue weighted by Crippen LogP contribution is 2.43. The summed E-state index contributed by atoms with van der Waals surface area (Å²) in [7, 11) is 0. The second kappa shape index (κ2) is 3.76. The molecule has 1 aromatic carbocycles. The number of amides is 1. The number of hydrogen-bond donors (Lipinski definition) is 1. The maximum atomic E-state index is 11.7. The van der Waals surface area contributed by atoms with Crippen LogP contribution in [-0.4, -0.2) is 16.9 Å². The Balaban J connectivity index is 2.42. The molecule has 1 aliphatic heterocycles. The van der Waals surface area contributed by atoms with Gasteiger partial charge in [-0.3, -0.25) is 4.79 Å². The van der Waals surface area contributed by atoms with Crippen molar-refractivity contribution >= 4 is 35.1 Å². The summed E-state index contributed by atoms with van der Waals surface area (Å²) in [4.78, 5) is 14.1. The van der Waals surface area contributed by atoms with Crippen molar-refractivity contribution in [1.82, 2.24) is 0 Å². The van der Waals surface area contributed by atoms with E-state index in [4.69, 9.17) is 0 Å². The van der Waals surface area contributed by atoms with Gasteiger partial charge in [0.15, 0.2) is 0 Å². The van der Waals surface area contributed by atoms with Crippen molar-refractivity contribution in [3.8, 4) is 0 Å². The molecule has 0 radical (unpaired) electrons. The maximum Gasteiger partial charge on any atom is 0.240 e. The average molecular weight is 239 g/mol. The molecule has 0 unspecified atom stereocenters. The predicted molar refractivity (Wildman–Crippen MR) is 66.8 cm³/mol. The standard InChI is InChI=1S/C11H13NOS2/c1-11(2)10(13)12-8-5-4-7(14-3)6-9(8)15-11/h4-6H,1-3H3,(H,12,13). The van der Waals surface area contributed by atoms with Gasteiger partial charge in [0.25, 0.3) is 0 Å². The molecule has 0 fully saturated rings. The topological polar surface area (TPSA) is 29.1 Å². The number of fused-ring (bicyclic) bond motifs is 1. The number of carbonyl (C=O) groups excluding carboxylic acids is 1. The summed E-state index contributed by atoms with van der Waals surface area (Å²) in [5.74, 6) is 0.0805. The lowest BCUT2D eigenvalue weighted by Crippen LogP contribution is -2.37. The smallest absolute Gasteiger partial charge is 0.240 e. The number of benzene rings is 1. The molecule has 0 spiro atoms. The molecule has 0 bridgehead atoms. The Labute approximate surface area is 98.2 Å². The molecule has 15 heavy (non-hydrogen) atoms. The second-order valence-corrected chi connectivity index (χ2v) is 6.47. The van der Waals surface area contributed by atoms with Crippen LogP contribution in [0.1, 0.15) is 13.8 Å². The summed E-state index contributed by atoms with van der Waals surface area (Å²) >= 11 is 3.34. The summed E-state index contributed by atoms with van der Waals surface area (Å²) in [6, 6.07) is 6.13. The van der Waals surface area contributed by atoms with Crippen LogP contribution in [0, 0.1) is 0 Å². The van der Waals surface area contributed by atoms with Crippen molar-refractivity contribution in [3.05, 3.63) is 18.2 Å². The minimum atomic E-state index is -0.371. The average Bonchev–Trinajstić information content (AvgIpc) is 2.18. The lowest BCUT2D eigenvalue weighted by molar-refractivity contribution is -0.117. The molecule has 1 aliphatic rings. The summed E-state index contributed by atoms with van der Waals surface area (Å²) in [6.07, 6.45) is 2.05. The van der Waals surface area contributed by atoms with Crippen molar-refractivity contribution in [1.29, 1.82) is 0 Å². The van der Waals surface area contributed by atoms with Gasteiger partial charge in [-0.2, -0.15) is 0 Å². The van der Waals surface area contributed by atoms with E-state index in [9.17, 15) is 4.79 Å². The molecule has 2 rings (SSSR count). The van der Waals surface area contributed by atoms with Gasteiger partial charge in [-0.25, -0.2) is 0 Å². The molecule has 1 aromatic rings. The monoisotopic (exact) mass is 239 g/mol. The number of thioether (sulfide) groups is 2. The molecule has 0 atom stereocenters. The molecule has 2 nitrogen and oxygen atoms in total. The Morgan fingerprint density at radius 2 is 2.13 bits per heavy atom. The Bertz CT molecular complexity index is 415. The van der Waals surface area contributed by atoms with E-state index in [1.807, 2.05) is 26.0 Å². The second-order valence-electron chi connectivity index (χ2n) is 3.93. The first-order valence-electron chi connectivity index (χ1n) is 4.71. The van der Waals surface area contributed by atoms with Crippen molar-refractivity contribution in [2.24, 2.45) is 0 Å². The highest BCUT2D eigenvalue weighted by atomic mass is 32.2. The van der Waals surface area contributed by atoms with E-state index in [2.05, 4.69) is 17.6 Å². The van der Waals surface area contributed by atoms with Crippen LogP contribution in [0.15, 0.2) is 28.0 Å². The van der Waals surface area contributed by atoms with E-state index in [1.54, 1.807) is 23.5 Å². The largest absolute Gasteiger partial charge is 0.324 e. The maximum absolute atomic E-state index is 11.7. The molecule has 0 saturated heterocycles. The Kier molecular flexibility index (Phi) is 2.73. The fourth-order valence-corrected chi connectivity index (χ4v) is 3.03. The fourth-order valence-electron chi connectivity index (χ4n) is 1.41. The number of hydrogen-bond acceptors (Lipinski definition) is 3. The first-order valence-corrected chi connectivity index (χ1v) is 6.75. The lowest BCUT2D eigenvalue weighted by Gasteiger charge is -2.29. The highest BCUT2D eigenvalue weighted by molar-refractivity contribution is 8.01. The normalized spacial score (nSPS) is 18.2. The molecule has 1 heterocycles. The van der Waals surface area contributed by atoms with Crippen LogP contribution < -0.4 is 5.32 Å². The van der Waals surface area contributed by atoms with E-state index in [1.165, 1.54) is 4.90 Å². The third-order valence-electron chi connectivity index (χ3n) is 2.35. The summed E-state index contributed by atoms with van der Waals surface area (Å²) < 4.78 is -0.371. The van der Waals surface area contributed by atoms with E-state index in [0.717, 1.165) is 10.6 Å². The quantitative estimate of drug-likeness (QED) is 0.763. The van der Waals surface area contributed by atoms with Gasteiger partial charge in [-0.15, -0.1) is 23.5 Å². The summed E-state index contributed by atoms with van der Waals surface area (Å²) in [6.45, 7) is 3.89. The van der Waals surface area contributed by atoms with E-state index >= 15 is 0 Å². The van der Waals surface area contributed by atoms with Crippen LogP contribution in [0.5, 0.6) is 0 Å². The van der Waals surface area contributed by atoms with Gasteiger partial charge >= 0.3 is 0 Å². The zero-order valence-electron chi connectivity index (χ0n) is 8.96. The van der Waals surface area contributed by atoms with Gasteiger partial charge in [0.05, 0.1) is 10.4 Å². The minimum Gasteiger partial charge on any atom is -0.324 e. The van der Waals surface area contributed by atoms with E-state index in [-0.39, 0.29) is 10.7 Å². The Morgan fingerprint density at radius 1 is 1.40 bits per heavy atom. The molecular weight excluding hydrogens is 226 g/mol. The number of nitrogens with one attached hydrogen (secondary N) is 1. The molecule has 4 heteroatoms. The van der Waals surface area contributed by atoms with Crippen LogP contribution in [0.2, 0.25) is 0 Å². The van der Waals surface area contributed by atoms with Gasteiger partial charge in [0.2, 0.25) is 5.91 Å². The van der Waals surface area contributed by atoms with E-state index in [0.29, 0.717) is 0 Å². The van der Waals surface area contributed by atoms with Crippen LogP contribution in [0.25, 0.3) is 0 Å². The molecule has 1 amide bonds. The summed E-state index contributed by atoms with van der Waals surface area (Å²) in [5, 5.41) is 2.93. The van der Waals surface area contributed by atoms with E-state index < -0.39 is 0 Å². The number of carbonyl (C=O) groups is 1. The Hall–Kier alpha value is -0.610. The first-order chi connectivity index (χ1) is 7.03. The molecule has 80 valence electrons. The van der Waals surface area contributed by atoms with Gasteiger partial charge in [0, 0.05) is 9.79 Å². The first kappa shape index (κ1) is 10.9. The summed E-state index contributed by atoms with van der Waals surface area (Å²) in [5.41, 5.74) is 0.933. The zero-order valence-corrected chi connectivity index (χ0v) is 10.6. The molecule has 0 aromatic heterocycles. The molecular formula is C11H13NOS2. The molecule has 0 saturated carbocycles. The van der Waals surface area contributed by atoms with Crippen LogP contribution in [-0.2, 0) is 4.79 Å². The lowest BCUT2D eigenvalue weighted by atomic mass is 10.1. The zero-order chi connectivity index (χ0) is 11.1. The number of rotatable bonds is 1. The van der Waals surface area contributed by atoms with Crippen LogP contribution in [0.4, 0.5) is 5.69 Å². The minimum absolute atomic E-state index is 0.0805. The van der Waals surface area contributed by atoms with Gasteiger partial charge < -0.3 is 5.32 Å². The predicted octanol–water partition coefficient (Wildman–Crippen LogP) is 3.23. The highest BCUT2D eigenvalue weighted by Gasteiger charge is 2.34. The van der Waals surface area contributed by atoms with Gasteiger partial charge in [0.1, 0.15) is 0 Å². The van der Waals surface area contributed by atoms with Crippen LogP contribution >= 0.6 is 23.5 Å². The number of anilines is 1. The third kappa shape index (κ3) is 2.01. The third-order valence-corrected chi connectivity index (χ3v) is 4.33. The van der Waals surface area contributed by atoms with Crippen molar-refractivity contribution in [2.45, 2.75) is 28.4 Å².